The topological polar surface area (TPSA) is 86.6 Å². The molecule has 1 saturated heterocycles. The Bertz CT molecular complexity index is 216. The van der Waals surface area contributed by atoms with Crippen molar-refractivity contribution in [2.24, 2.45) is 0 Å². The smallest absolute Gasteiger partial charge is 0.303 e. The molecule has 5 nitrogen and oxygen atoms in total. The first kappa shape index (κ1) is 13.5. The molecular formula is C10H17NO4. The van der Waals surface area contributed by atoms with E-state index in [1.807, 2.05) is 0 Å². The summed E-state index contributed by atoms with van der Waals surface area (Å²) in [6.07, 6.45) is 3.23. The van der Waals surface area contributed by atoms with Crippen LogP contribution in [0.1, 0.15) is 32.1 Å². The summed E-state index contributed by atoms with van der Waals surface area (Å²) in [5.41, 5.74) is 1.21. The lowest BCUT2D eigenvalue weighted by atomic mass is 10.1. The van der Waals surface area contributed by atoms with Gasteiger partial charge in [0.2, 0.25) is 0 Å². The Balaban J connectivity index is 0.000000262. The summed E-state index contributed by atoms with van der Waals surface area (Å²) >= 11 is 0. The number of carboxylic acid groups (broad SMARTS) is 2. The van der Waals surface area contributed by atoms with Crippen LogP contribution in [0, 0.1) is 0 Å². The van der Waals surface area contributed by atoms with Crippen molar-refractivity contribution in [3.63, 3.8) is 0 Å². The van der Waals surface area contributed by atoms with Gasteiger partial charge in [-0.15, -0.1) is 0 Å². The third-order valence-corrected chi connectivity index (χ3v) is 1.83. The van der Waals surface area contributed by atoms with Crippen LogP contribution < -0.4 is 5.32 Å². The number of hydrogen-bond acceptors (Lipinski definition) is 3. The SMILES string of the molecule is C=C1CCCCN1.O=C(O)CCC(=O)O. The lowest BCUT2D eigenvalue weighted by Gasteiger charge is -2.13. The average molecular weight is 215 g/mol. The van der Waals surface area contributed by atoms with Crippen LogP contribution in [-0.2, 0) is 9.59 Å². The fourth-order valence-corrected chi connectivity index (χ4v) is 1.03. The van der Waals surface area contributed by atoms with Gasteiger partial charge in [0.15, 0.2) is 0 Å². The molecule has 0 amide bonds. The second-order valence-corrected chi connectivity index (χ2v) is 3.27. The molecular weight excluding hydrogens is 198 g/mol. The van der Waals surface area contributed by atoms with E-state index in [4.69, 9.17) is 10.2 Å². The van der Waals surface area contributed by atoms with Gasteiger partial charge in [-0.05, 0) is 19.3 Å². The van der Waals surface area contributed by atoms with Gasteiger partial charge in [0, 0.05) is 12.2 Å². The standard InChI is InChI=1S/C6H11N.C4H6O4/c1-6-4-2-3-5-7-6;5-3(6)1-2-4(7)8/h7H,1-5H2;1-2H2,(H,5,6)(H,7,8). The summed E-state index contributed by atoms with van der Waals surface area (Å²) in [5.74, 6) is -2.15. The van der Waals surface area contributed by atoms with Gasteiger partial charge in [-0.3, -0.25) is 9.59 Å². The Morgan fingerprint density at radius 3 is 1.93 bits per heavy atom. The monoisotopic (exact) mass is 215 g/mol. The van der Waals surface area contributed by atoms with Crippen LogP contribution in [0.25, 0.3) is 0 Å². The summed E-state index contributed by atoms with van der Waals surface area (Å²) in [5, 5.41) is 19.0. The number of carbonyl (C=O) groups is 2. The molecule has 0 unspecified atom stereocenters. The first-order valence-electron chi connectivity index (χ1n) is 4.87. The maximum Gasteiger partial charge on any atom is 0.303 e. The van der Waals surface area contributed by atoms with Crippen LogP contribution in [0.4, 0.5) is 0 Å². The number of nitrogens with one attached hydrogen (secondary N) is 1. The Labute approximate surface area is 88.8 Å². The summed E-state index contributed by atoms with van der Waals surface area (Å²) in [7, 11) is 0. The van der Waals surface area contributed by atoms with E-state index in [0.29, 0.717) is 0 Å². The minimum absolute atomic E-state index is 0.296. The summed E-state index contributed by atoms with van der Waals surface area (Å²) < 4.78 is 0. The van der Waals surface area contributed by atoms with Gasteiger partial charge in [0.1, 0.15) is 0 Å². The molecule has 1 rings (SSSR count). The highest BCUT2D eigenvalue weighted by molar-refractivity contribution is 5.75. The predicted octanol–water partition coefficient (Wildman–Crippen LogP) is 1.21. The van der Waals surface area contributed by atoms with Crippen molar-refractivity contribution in [3.05, 3.63) is 12.3 Å². The van der Waals surface area contributed by atoms with Gasteiger partial charge < -0.3 is 15.5 Å². The first-order valence-corrected chi connectivity index (χ1v) is 4.87. The highest BCUT2D eigenvalue weighted by Crippen LogP contribution is 2.06. The second-order valence-electron chi connectivity index (χ2n) is 3.27. The number of aliphatic carboxylic acids is 2. The highest BCUT2D eigenvalue weighted by Gasteiger charge is 2.00. The van der Waals surface area contributed by atoms with Gasteiger partial charge in [0.25, 0.3) is 0 Å². The number of rotatable bonds is 3. The molecule has 1 heterocycles. The molecule has 0 atom stereocenters. The van der Waals surface area contributed by atoms with E-state index in [1.54, 1.807) is 0 Å². The van der Waals surface area contributed by atoms with Crippen LogP contribution >= 0.6 is 0 Å². The van der Waals surface area contributed by atoms with Crippen molar-refractivity contribution in [2.45, 2.75) is 32.1 Å². The van der Waals surface area contributed by atoms with Gasteiger partial charge in [0.05, 0.1) is 12.8 Å². The molecule has 86 valence electrons. The molecule has 3 N–H and O–H groups in total. The highest BCUT2D eigenvalue weighted by atomic mass is 16.4. The van der Waals surface area contributed by atoms with Crippen LogP contribution in [0.5, 0.6) is 0 Å². The molecule has 15 heavy (non-hydrogen) atoms. The van der Waals surface area contributed by atoms with E-state index in [9.17, 15) is 9.59 Å². The molecule has 1 fully saturated rings. The Morgan fingerprint density at radius 2 is 1.73 bits per heavy atom. The van der Waals surface area contributed by atoms with E-state index in [0.717, 1.165) is 6.54 Å². The number of carboxylic acids is 2. The van der Waals surface area contributed by atoms with E-state index in [-0.39, 0.29) is 12.8 Å². The molecule has 1 aliphatic heterocycles. The van der Waals surface area contributed by atoms with E-state index < -0.39 is 11.9 Å². The molecule has 0 aromatic carbocycles. The van der Waals surface area contributed by atoms with Gasteiger partial charge >= 0.3 is 11.9 Å². The Hall–Kier alpha value is -1.52. The normalized spacial score (nSPS) is 14.5. The molecule has 0 aromatic heterocycles. The van der Waals surface area contributed by atoms with Crippen LogP contribution in [0.3, 0.4) is 0 Å². The summed E-state index contributed by atoms with van der Waals surface area (Å²) in [6, 6.07) is 0. The molecule has 0 aromatic rings. The van der Waals surface area contributed by atoms with Gasteiger partial charge in [-0.25, -0.2) is 0 Å². The molecule has 0 aliphatic carbocycles. The van der Waals surface area contributed by atoms with Crippen LogP contribution in [0.15, 0.2) is 12.3 Å². The number of hydrogen-bond donors (Lipinski definition) is 3. The zero-order chi connectivity index (χ0) is 11.7. The third kappa shape index (κ3) is 10.4. The molecule has 0 bridgehead atoms. The predicted molar refractivity (Wildman–Crippen MR) is 55.5 cm³/mol. The van der Waals surface area contributed by atoms with Crippen molar-refractivity contribution in [2.75, 3.05) is 6.54 Å². The van der Waals surface area contributed by atoms with E-state index in [2.05, 4.69) is 11.9 Å². The zero-order valence-electron chi connectivity index (χ0n) is 8.66. The minimum atomic E-state index is -1.08. The van der Waals surface area contributed by atoms with Crippen molar-refractivity contribution in [3.8, 4) is 0 Å². The Morgan fingerprint density at radius 1 is 1.20 bits per heavy atom. The molecule has 0 saturated carbocycles. The Kier molecular flexibility index (Phi) is 7.05. The maximum atomic E-state index is 9.64. The second kappa shape index (κ2) is 7.84. The molecule has 0 spiro atoms. The van der Waals surface area contributed by atoms with E-state index >= 15 is 0 Å². The van der Waals surface area contributed by atoms with Gasteiger partial charge in [-0.1, -0.05) is 6.58 Å². The van der Waals surface area contributed by atoms with Crippen molar-refractivity contribution in [1.82, 2.24) is 5.32 Å². The lowest BCUT2D eigenvalue weighted by Crippen LogP contribution is -2.18. The third-order valence-electron chi connectivity index (χ3n) is 1.83. The van der Waals surface area contributed by atoms with Gasteiger partial charge in [-0.2, -0.15) is 0 Å². The lowest BCUT2D eigenvalue weighted by molar-refractivity contribution is -0.143. The fourth-order valence-electron chi connectivity index (χ4n) is 1.03. The van der Waals surface area contributed by atoms with Crippen LogP contribution in [-0.4, -0.2) is 28.7 Å². The largest absolute Gasteiger partial charge is 0.481 e. The van der Waals surface area contributed by atoms with Crippen LogP contribution in [0.2, 0.25) is 0 Å². The summed E-state index contributed by atoms with van der Waals surface area (Å²) in [4.78, 5) is 19.3. The maximum absolute atomic E-state index is 9.64. The molecule has 5 heteroatoms. The average Bonchev–Trinajstić information content (AvgIpc) is 2.17. The van der Waals surface area contributed by atoms with Crippen molar-refractivity contribution >= 4 is 11.9 Å². The molecule has 1 aliphatic rings. The van der Waals surface area contributed by atoms with Crippen molar-refractivity contribution < 1.29 is 19.8 Å². The summed E-state index contributed by atoms with van der Waals surface area (Å²) in [6.45, 7) is 4.94. The quantitative estimate of drug-likeness (QED) is 0.658. The first-order chi connectivity index (χ1) is 7.02. The number of allylic oxidation sites excluding steroid dienone is 1. The minimum Gasteiger partial charge on any atom is -0.481 e. The zero-order valence-corrected chi connectivity index (χ0v) is 8.66. The van der Waals surface area contributed by atoms with Crippen molar-refractivity contribution in [1.29, 1.82) is 0 Å². The fraction of sp³-hybridized carbons (Fsp3) is 0.600. The molecule has 0 radical (unpaired) electrons. The number of piperidine rings is 1. The van der Waals surface area contributed by atoms with E-state index in [1.165, 1.54) is 25.0 Å².